The molecular formula is C2H9O4P. The summed E-state index contributed by atoms with van der Waals surface area (Å²) >= 11 is 0. The van der Waals surface area contributed by atoms with Crippen molar-refractivity contribution in [3.8, 4) is 0 Å². The highest BCUT2D eigenvalue weighted by Crippen LogP contribution is 2.11. The zero-order chi connectivity index (χ0) is 6.28. The van der Waals surface area contributed by atoms with Crippen LogP contribution in [-0.4, -0.2) is 26.4 Å². The maximum atomic E-state index is 7.57. The molecule has 0 aromatic carbocycles. The highest BCUT2D eigenvalue weighted by atomic mass is 31.2. The zero-order valence-corrected chi connectivity index (χ0v) is 4.84. The van der Waals surface area contributed by atoms with Crippen molar-refractivity contribution in [1.29, 1.82) is 0 Å². The molecule has 0 saturated carbocycles. The largest absolute Gasteiger partial charge is 0.397 e. The van der Waals surface area contributed by atoms with E-state index in [-0.39, 0.29) is 6.61 Å². The quantitative estimate of drug-likeness (QED) is 0.321. The van der Waals surface area contributed by atoms with Crippen molar-refractivity contribution in [1.82, 2.24) is 0 Å². The van der Waals surface area contributed by atoms with Crippen LogP contribution in [0, 0.1) is 0 Å². The van der Waals surface area contributed by atoms with E-state index in [0.29, 0.717) is 0 Å². The summed E-state index contributed by atoms with van der Waals surface area (Å²) < 4.78 is 0. The molecule has 0 saturated heterocycles. The van der Waals surface area contributed by atoms with E-state index in [0.717, 1.165) is 0 Å². The molecule has 0 unspecified atom stereocenters. The predicted octanol–water partition coefficient (Wildman–Crippen LogP) is -0.811. The van der Waals surface area contributed by atoms with E-state index < -0.39 is 8.60 Å². The second-order valence-electron chi connectivity index (χ2n) is 0.585. The molecule has 0 amide bonds. The molecule has 46 valence electrons. The molecule has 0 atom stereocenters. The SMILES string of the molecule is CCO.OP(O)O. The lowest BCUT2D eigenvalue weighted by molar-refractivity contribution is 0.318. The Bertz CT molecular complexity index is 20.9. The summed E-state index contributed by atoms with van der Waals surface area (Å²) in [6.45, 7) is 1.93. The molecule has 0 aromatic heterocycles. The number of aliphatic hydroxyl groups excluding tert-OH is 1. The maximum absolute atomic E-state index is 7.57. The van der Waals surface area contributed by atoms with E-state index in [1.54, 1.807) is 6.92 Å². The van der Waals surface area contributed by atoms with Gasteiger partial charge in [-0.1, -0.05) is 0 Å². The zero-order valence-electron chi connectivity index (χ0n) is 3.94. The van der Waals surface area contributed by atoms with Crippen LogP contribution in [0.25, 0.3) is 0 Å². The Morgan fingerprint density at radius 2 is 1.29 bits per heavy atom. The van der Waals surface area contributed by atoms with E-state index >= 15 is 0 Å². The number of rotatable bonds is 0. The molecule has 4 nitrogen and oxygen atoms in total. The number of hydrogen-bond donors (Lipinski definition) is 4. The van der Waals surface area contributed by atoms with Crippen LogP contribution in [0.2, 0.25) is 0 Å². The first-order valence-electron chi connectivity index (χ1n) is 1.62. The summed E-state index contributed by atoms with van der Waals surface area (Å²) in [4.78, 5) is 21.7. The van der Waals surface area contributed by atoms with Gasteiger partial charge in [0, 0.05) is 6.61 Å². The predicted molar refractivity (Wildman–Crippen MR) is 26.3 cm³/mol. The molecule has 5 heteroatoms. The normalized spacial score (nSPS) is 7.71. The Labute approximate surface area is 43.0 Å². The molecule has 0 aliphatic rings. The molecule has 0 aromatic rings. The van der Waals surface area contributed by atoms with Crippen LogP contribution in [0.15, 0.2) is 0 Å². The van der Waals surface area contributed by atoms with Crippen molar-refractivity contribution in [2.24, 2.45) is 0 Å². The van der Waals surface area contributed by atoms with Gasteiger partial charge in [0.05, 0.1) is 0 Å². The fraction of sp³-hybridized carbons (Fsp3) is 1.00. The first-order valence-corrected chi connectivity index (χ1v) is 2.82. The number of hydrogen-bond acceptors (Lipinski definition) is 4. The molecule has 0 spiro atoms. The van der Waals surface area contributed by atoms with Crippen molar-refractivity contribution in [2.45, 2.75) is 6.92 Å². The third-order valence-electron chi connectivity index (χ3n) is 0. The Hall–Kier alpha value is 0.270. The Morgan fingerprint density at radius 3 is 1.29 bits per heavy atom. The van der Waals surface area contributed by atoms with Gasteiger partial charge in [0.2, 0.25) is 0 Å². The summed E-state index contributed by atoms with van der Waals surface area (Å²) in [5, 5.41) is 7.57. The Balaban J connectivity index is 0. The third kappa shape index (κ3) is 1570. The van der Waals surface area contributed by atoms with Crippen LogP contribution in [-0.2, 0) is 0 Å². The molecule has 0 aliphatic heterocycles. The molecule has 4 N–H and O–H groups in total. The van der Waals surface area contributed by atoms with Gasteiger partial charge in [-0.05, 0) is 6.92 Å². The average molecular weight is 128 g/mol. The first kappa shape index (κ1) is 10.3. The molecule has 7 heavy (non-hydrogen) atoms. The van der Waals surface area contributed by atoms with E-state index in [1.165, 1.54) is 0 Å². The molecular weight excluding hydrogens is 119 g/mol. The monoisotopic (exact) mass is 128 g/mol. The van der Waals surface area contributed by atoms with Gasteiger partial charge >= 0.3 is 8.60 Å². The van der Waals surface area contributed by atoms with Gasteiger partial charge in [-0.15, -0.1) is 0 Å². The van der Waals surface area contributed by atoms with Gasteiger partial charge in [-0.2, -0.15) is 0 Å². The lowest BCUT2D eigenvalue weighted by Gasteiger charge is -1.76. The van der Waals surface area contributed by atoms with Crippen molar-refractivity contribution >= 4 is 8.60 Å². The van der Waals surface area contributed by atoms with Crippen molar-refractivity contribution in [2.75, 3.05) is 6.61 Å². The van der Waals surface area contributed by atoms with Crippen LogP contribution in [0.4, 0.5) is 0 Å². The van der Waals surface area contributed by atoms with Gasteiger partial charge in [-0.3, -0.25) is 0 Å². The fourth-order valence-electron chi connectivity index (χ4n) is 0. The standard InChI is InChI=1S/C2H6O.H3O3P/c1-2-3;1-4(2)3/h3H,2H2,1H3;1-3H. The summed E-state index contributed by atoms with van der Waals surface area (Å²) in [6, 6.07) is 0. The smallest absolute Gasteiger partial charge is 0.324 e. The van der Waals surface area contributed by atoms with Gasteiger partial charge in [-0.25, -0.2) is 0 Å². The maximum Gasteiger partial charge on any atom is 0.324 e. The second kappa shape index (κ2) is 9.55. The second-order valence-corrected chi connectivity index (χ2v) is 1.12. The van der Waals surface area contributed by atoms with Crippen LogP contribution in [0.5, 0.6) is 0 Å². The highest BCUT2D eigenvalue weighted by Gasteiger charge is 1.76. The Morgan fingerprint density at radius 1 is 1.29 bits per heavy atom. The summed E-state index contributed by atoms with van der Waals surface area (Å²) in [7, 11) is -2.62. The third-order valence-corrected chi connectivity index (χ3v) is 0. The number of aliphatic hydroxyl groups is 1. The molecule has 0 rings (SSSR count). The van der Waals surface area contributed by atoms with Crippen LogP contribution in [0.3, 0.4) is 0 Å². The van der Waals surface area contributed by atoms with Crippen LogP contribution < -0.4 is 0 Å². The average Bonchev–Trinajstić information content (AvgIpc) is 1.33. The summed E-state index contributed by atoms with van der Waals surface area (Å²) in [6.07, 6.45) is 0. The van der Waals surface area contributed by atoms with Crippen LogP contribution >= 0.6 is 8.60 Å². The van der Waals surface area contributed by atoms with Crippen molar-refractivity contribution in [3.05, 3.63) is 0 Å². The van der Waals surface area contributed by atoms with Crippen LogP contribution in [0.1, 0.15) is 6.92 Å². The summed E-state index contributed by atoms with van der Waals surface area (Å²) in [5.41, 5.74) is 0. The van der Waals surface area contributed by atoms with Crippen molar-refractivity contribution < 1.29 is 19.8 Å². The first-order chi connectivity index (χ1) is 3.15. The minimum Gasteiger partial charge on any atom is -0.397 e. The lowest BCUT2D eigenvalue weighted by atomic mass is 10.9. The van der Waals surface area contributed by atoms with E-state index in [4.69, 9.17) is 19.8 Å². The van der Waals surface area contributed by atoms with Crippen molar-refractivity contribution in [3.63, 3.8) is 0 Å². The minimum absolute atomic E-state index is 0.250. The topological polar surface area (TPSA) is 80.9 Å². The van der Waals surface area contributed by atoms with Gasteiger partial charge in [0.15, 0.2) is 0 Å². The minimum atomic E-state index is -2.62. The fourth-order valence-corrected chi connectivity index (χ4v) is 0. The Kier molecular flexibility index (Phi) is 14.0. The van der Waals surface area contributed by atoms with E-state index in [1.807, 2.05) is 0 Å². The van der Waals surface area contributed by atoms with Gasteiger partial charge in [0.1, 0.15) is 0 Å². The molecule has 0 fully saturated rings. The molecule has 0 bridgehead atoms. The highest BCUT2D eigenvalue weighted by molar-refractivity contribution is 7.38. The van der Waals surface area contributed by atoms with E-state index in [2.05, 4.69) is 0 Å². The van der Waals surface area contributed by atoms with E-state index in [9.17, 15) is 0 Å². The van der Waals surface area contributed by atoms with Gasteiger partial charge < -0.3 is 19.8 Å². The lowest BCUT2D eigenvalue weighted by Crippen LogP contribution is -1.57. The van der Waals surface area contributed by atoms with Gasteiger partial charge in [0.25, 0.3) is 0 Å². The molecule has 0 heterocycles. The molecule has 0 radical (unpaired) electrons. The molecule has 0 aliphatic carbocycles. The summed E-state index contributed by atoms with van der Waals surface area (Å²) in [5.74, 6) is 0.